The number of aryl methyl sites for hydroxylation is 1. The molecule has 1 N–H and O–H groups in total. The van der Waals surface area contributed by atoms with Crippen molar-refractivity contribution in [2.24, 2.45) is 7.05 Å². The van der Waals surface area contributed by atoms with Crippen LogP contribution >= 0.6 is 0 Å². The van der Waals surface area contributed by atoms with Crippen molar-refractivity contribution in [2.45, 2.75) is 12.5 Å². The van der Waals surface area contributed by atoms with Crippen LogP contribution in [0.4, 0.5) is 4.39 Å². The summed E-state index contributed by atoms with van der Waals surface area (Å²) in [6, 6.07) is 1.48. The van der Waals surface area contributed by atoms with E-state index in [2.05, 4.69) is 10.1 Å². The third kappa shape index (κ3) is 2.25. The molecule has 2 aromatic heterocycles. The lowest BCUT2D eigenvalue weighted by molar-refractivity contribution is 0.173. The lowest BCUT2D eigenvalue weighted by Crippen LogP contribution is -2.04. The molecule has 84 valence electrons. The molecule has 0 amide bonds. The summed E-state index contributed by atoms with van der Waals surface area (Å²) >= 11 is 0. The first-order valence-corrected chi connectivity index (χ1v) is 4.92. The minimum atomic E-state index is -0.868. The van der Waals surface area contributed by atoms with Crippen molar-refractivity contribution in [2.75, 3.05) is 0 Å². The van der Waals surface area contributed by atoms with Gasteiger partial charge in [-0.05, 0) is 11.6 Å². The highest BCUT2D eigenvalue weighted by molar-refractivity contribution is 5.18. The second kappa shape index (κ2) is 4.40. The van der Waals surface area contributed by atoms with Gasteiger partial charge in [0.05, 0.1) is 18.5 Å². The zero-order chi connectivity index (χ0) is 11.5. The fourth-order valence-corrected chi connectivity index (χ4v) is 1.57. The van der Waals surface area contributed by atoms with E-state index >= 15 is 0 Å². The fraction of sp³-hybridized carbons (Fsp3) is 0.273. The van der Waals surface area contributed by atoms with Gasteiger partial charge >= 0.3 is 0 Å². The van der Waals surface area contributed by atoms with Crippen molar-refractivity contribution in [3.8, 4) is 0 Å². The molecular formula is C11H12FN3O. The van der Waals surface area contributed by atoms with Crippen LogP contribution in [0.1, 0.15) is 17.2 Å². The molecule has 0 saturated carbocycles. The molecular weight excluding hydrogens is 209 g/mol. The zero-order valence-electron chi connectivity index (χ0n) is 8.84. The molecule has 0 bridgehead atoms. The van der Waals surface area contributed by atoms with E-state index in [1.165, 1.54) is 12.3 Å². The number of halogens is 1. The predicted octanol–water partition coefficient (Wildman–Crippen LogP) is 1.23. The fourth-order valence-electron chi connectivity index (χ4n) is 1.57. The summed E-state index contributed by atoms with van der Waals surface area (Å²) < 4.78 is 14.9. The highest BCUT2D eigenvalue weighted by Gasteiger charge is 2.13. The second-order valence-corrected chi connectivity index (χ2v) is 3.64. The van der Waals surface area contributed by atoms with Gasteiger partial charge in [0.2, 0.25) is 0 Å². The minimum absolute atomic E-state index is 0.263. The summed E-state index contributed by atoms with van der Waals surface area (Å²) in [5.74, 6) is -0.487. The molecule has 4 nitrogen and oxygen atoms in total. The van der Waals surface area contributed by atoms with Gasteiger partial charge in [-0.25, -0.2) is 4.39 Å². The molecule has 2 aromatic rings. The third-order valence-electron chi connectivity index (χ3n) is 2.35. The van der Waals surface area contributed by atoms with E-state index in [-0.39, 0.29) is 5.56 Å². The number of nitrogens with zero attached hydrogens (tertiary/aromatic N) is 3. The molecule has 2 heterocycles. The average molecular weight is 221 g/mol. The van der Waals surface area contributed by atoms with Crippen molar-refractivity contribution in [3.63, 3.8) is 0 Å². The van der Waals surface area contributed by atoms with Crippen LogP contribution in [0.3, 0.4) is 0 Å². The number of aliphatic hydroxyl groups is 1. The van der Waals surface area contributed by atoms with Gasteiger partial charge in [0.25, 0.3) is 0 Å². The van der Waals surface area contributed by atoms with Crippen molar-refractivity contribution < 1.29 is 9.50 Å². The van der Waals surface area contributed by atoms with Crippen LogP contribution in [0.2, 0.25) is 0 Å². The summed E-state index contributed by atoms with van der Waals surface area (Å²) in [4.78, 5) is 3.64. The second-order valence-electron chi connectivity index (χ2n) is 3.64. The van der Waals surface area contributed by atoms with Gasteiger partial charge in [-0.15, -0.1) is 0 Å². The van der Waals surface area contributed by atoms with Gasteiger partial charge in [-0.2, -0.15) is 5.10 Å². The Hall–Kier alpha value is -1.75. The van der Waals surface area contributed by atoms with E-state index in [1.54, 1.807) is 24.1 Å². The molecule has 0 spiro atoms. The number of aromatic nitrogens is 3. The zero-order valence-corrected chi connectivity index (χ0v) is 8.84. The monoisotopic (exact) mass is 221 g/mol. The van der Waals surface area contributed by atoms with Crippen molar-refractivity contribution in [3.05, 3.63) is 47.8 Å². The number of pyridine rings is 1. The highest BCUT2D eigenvalue weighted by atomic mass is 19.1. The maximum absolute atomic E-state index is 13.3. The molecule has 5 heteroatoms. The first-order chi connectivity index (χ1) is 7.66. The Morgan fingerprint density at radius 3 is 2.94 bits per heavy atom. The summed E-state index contributed by atoms with van der Waals surface area (Å²) in [6.45, 7) is 0. The lowest BCUT2D eigenvalue weighted by atomic mass is 10.0. The molecule has 1 unspecified atom stereocenters. The van der Waals surface area contributed by atoms with Gasteiger partial charge in [-0.3, -0.25) is 9.67 Å². The average Bonchev–Trinajstić information content (AvgIpc) is 2.64. The van der Waals surface area contributed by atoms with Crippen LogP contribution in [0.15, 0.2) is 30.9 Å². The van der Waals surface area contributed by atoms with Gasteiger partial charge in [0, 0.05) is 31.4 Å². The lowest BCUT2D eigenvalue weighted by Gasteiger charge is -2.09. The van der Waals surface area contributed by atoms with E-state index < -0.39 is 11.9 Å². The quantitative estimate of drug-likeness (QED) is 0.848. The topological polar surface area (TPSA) is 50.9 Å². The smallest absolute Gasteiger partial charge is 0.147 e. The van der Waals surface area contributed by atoms with E-state index in [4.69, 9.17) is 0 Å². The SMILES string of the molecule is Cn1cc(CC(O)c2ccncc2F)cn1. The Morgan fingerprint density at radius 2 is 2.31 bits per heavy atom. The van der Waals surface area contributed by atoms with Crippen LogP contribution in [0, 0.1) is 5.82 Å². The first kappa shape index (κ1) is 10.8. The van der Waals surface area contributed by atoms with Crippen molar-refractivity contribution in [1.29, 1.82) is 0 Å². The summed E-state index contributed by atoms with van der Waals surface area (Å²) in [5, 5.41) is 13.8. The predicted molar refractivity (Wildman–Crippen MR) is 56.1 cm³/mol. The standard InChI is InChI=1S/C11H12FN3O/c1-15-7-8(5-14-15)4-11(16)9-2-3-13-6-10(9)12/h2-3,5-7,11,16H,4H2,1H3. The van der Waals surface area contributed by atoms with E-state index in [0.717, 1.165) is 11.8 Å². The Bertz CT molecular complexity index is 484. The van der Waals surface area contributed by atoms with Crippen LogP contribution in [-0.2, 0) is 13.5 Å². The Labute approximate surface area is 92.4 Å². The molecule has 0 aromatic carbocycles. The number of hydrogen-bond acceptors (Lipinski definition) is 3. The maximum atomic E-state index is 13.3. The Morgan fingerprint density at radius 1 is 1.50 bits per heavy atom. The Kier molecular flexibility index (Phi) is 2.96. The summed E-state index contributed by atoms with van der Waals surface area (Å²) in [5.41, 5.74) is 1.13. The summed E-state index contributed by atoms with van der Waals surface area (Å²) in [7, 11) is 1.79. The summed E-state index contributed by atoms with van der Waals surface area (Å²) in [6.07, 6.45) is 5.48. The largest absolute Gasteiger partial charge is 0.388 e. The number of aliphatic hydroxyl groups excluding tert-OH is 1. The molecule has 16 heavy (non-hydrogen) atoms. The molecule has 0 radical (unpaired) electrons. The maximum Gasteiger partial charge on any atom is 0.147 e. The number of hydrogen-bond donors (Lipinski definition) is 1. The molecule has 0 aliphatic rings. The Balaban J connectivity index is 2.14. The van der Waals surface area contributed by atoms with Crippen LogP contribution in [0.5, 0.6) is 0 Å². The highest BCUT2D eigenvalue weighted by Crippen LogP contribution is 2.19. The van der Waals surface area contributed by atoms with E-state index in [0.29, 0.717) is 6.42 Å². The van der Waals surface area contributed by atoms with Crippen LogP contribution in [0.25, 0.3) is 0 Å². The van der Waals surface area contributed by atoms with Crippen LogP contribution < -0.4 is 0 Å². The van der Waals surface area contributed by atoms with Crippen molar-refractivity contribution in [1.82, 2.24) is 14.8 Å². The molecule has 0 fully saturated rings. The van der Waals surface area contributed by atoms with E-state index in [9.17, 15) is 9.50 Å². The van der Waals surface area contributed by atoms with Gasteiger partial charge < -0.3 is 5.11 Å². The van der Waals surface area contributed by atoms with Gasteiger partial charge in [-0.1, -0.05) is 0 Å². The molecule has 0 aliphatic heterocycles. The minimum Gasteiger partial charge on any atom is -0.388 e. The molecule has 0 saturated heterocycles. The van der Waals surface area contributed by atoms with E-state index in [1.807, 2.05) is 0 Å². The molecule has 1 atom stereocenters. The molecule has 2 rings (SSSR count). The van der Waals surface area contributed by atoms with Crippen LogP contribution in [-0.4, -0.2) is 19.9 Å². The van der Waals surface area contributed by atoms with Gasteiger partial charge in [0.15, 0.2) is 0 Å². The van der Waals surface area contributed by atoms with Crippen molar-refractivity contribution >= 4 is 0 Å². The normalized spacial score (nSPS) is 12.7. The first-order valence-electron chi connectivity index (χ1n) is 4.92. The molecule has 0 aliphatic carbocycles. The third-order valence-corrected chi connectivity index (χ3v) is 2.35. The number of rotatable bonds is 3. The van der Waals surface area contributed by atoms with Gasteiger partial charge in [0.1, 0.15) is 5.82 Å².